The number of methoxy groups -OCH3 is 1. The van der Waals surface area contributed by atoms with Crippen molar-refractivity contribution in [3.8, 4) is 0 Å². The molecule has 2 rings (SSSR count). The van der Waals surface area contributed by atoms with E-state index in [0.29, 0.717) is 18.1 Å². The molecule has 1 fully saturated rings. The Balaban J connectivity index is 1.94. The molecule has 1 atom stereocenters. The molecule has 0 spiro atoms. The SMILES string of the molecule is COC1(C)CCCN(C(=O)Nc2cnc(C)nc2)CC1. The molecule has 6 nitrogen and oxygen atoms in total. The highest BCUT2D eigenvalue weighted by atomic mass is 16.5. The summed E-state index contributed by atoms with van der Waals surface area (Å²) in [6.07, 6.45) is 6.01. The fraction of sp³-hybridized carbons (Fsp3) is 0.643. The molecular weight excluding hydrogens is 256 g/mol. The van der Waals surface area contributed by atoms with Gasteiger partial charge in [0.15, 0.2) is 0 Å². The maximum atomic E-state index is 12.2. The van der Waals surface area contributed by atoms with Crippen molar-refractivity contribution < 1.29 is 9.53 Å². The lowest BCUT2D eigenvalue weighted by molar-refractivity contribution is -0.00491. The van der Waals surface area contributed by atoms with Crippen molar-refractivity contribution in [2.45, 2.75) is 38.7 Å². The van der Waals surface area contributed by atoms with Gasteiger partial charge in [0.1, 0.15) is 5.82 Å². The summed E-state index contributed by atoms with van der Waals surface area (Å²) in [5.74, 6) is 0.689. The van der Waals surface area contributed by atoms with Crippen LogP contribution in [0, 0.1) is 6.92 Å². The Kier molecular flexibility index (Phi) is 4.54. The molecule has 1 unspecified atom stereocenters. The van der Waals surface area contributed by atoms with Crippen molar-refractivity contribution in [3.63, 3.8) is 0 Å². The highest BCUT2D eigenvalue weighted by Gasteiger charge is 2.29. The lowest BCUT2D eigenvalue weighted by Crippen LogP contribution is -2.37. The minimum atomic E-state index is -0.123. The van der Waals surface area contributed by atoms with Crippen molar-refractivity contribution in [1.82, 2.24) is 14.9 Å². The summed E-state index contributed by atoms with van der Waals surface area (Å²) in [6, 6.07) is -0.0993. The molecule has 1 aromatic heterocycles. The fourth-order valence-corrected chi connectivity index (χ4v) is 2.32. The van der Waals surface area contributed by atoms with Crippen LogP contribution in [0.2, 0.25) is 0 Å². The summed E-state index contributed by atoms with van der Waals surface area (Å²) in [4.78, 5) is 22.2. The van der Waals surface area contributed by atoms with Gasteiger partial charge in [-0.25, -0.2) is 14.8 Å². The minimum absolute atomic E-state index is 0.0993. The Morgan fingerprint density at radius 2 is 2.05 bits per heavy atom. The molecule has 1 saturated heterocycles. The molecule has 1 aliphatic rings. The molecule has 0 aliphatic carbocycles. The summed E-state index contributed by atoms with van der Waals surface area (Å²) in [7, 11) is 1.74. The van der Waals surface area contributed by atoms with Crippen molar-refractivity contribution in [2.75, 3.05) is 25.5 Å². The average molecular weight is 278 g/mol. The van der Waals surface area contributed by atoms with Crippen LogP contribution in [-0.4, -0.2) is 46.7 Å². The van der Waals surface area contributed by atoms with E-state index in [-0.39, 0.29) is 11.6 Å². The number of likely N-dealkylation sites (tertiary alicyclic amines) is 1. The highest BCUT2D eigenvalue weighted by molar-refractivity contribution is 5.88. The van der Waals surface area contributed by atoms with Gasteiger partial charge < -0.3 is 15.0 Å². The van der Waals surface area contributed by atoms with Crippen LogP contribution in [0.1, 0.15) is 32.0 Å². The van der Waals surface area contributed by atoms with Crippen molar-refractivity contribution in [3.05, 3.63) is 18.2 Å². The molecule has 0 bridgehead atoms. The number of carbonyl (C=O) groups is 1. The smallest absolute Gasteiger partial charge is 0.321 e. The number of aryl methyl sites for hydroxylation is 1. The van der Waals surface area contributed by atoms with Crippen molar-refractivity contribution in [2.24, 2.45) is 0 Å². The van der Waals surface area contributed by atoms with Gasteiger partial charge in [-0.1, -0.05) is 0 Å². The maximum Gasteiger partial charge on any atom is 0.321 e. The van der Waals surface area contributed by atoms with Gasteiger partial charge in [0.05, 0.1) is 23.7 Å². The number of carbonyl (C=O) groups excluding carboxylic acids is 1. The summed E-state index contributed by atoms with van der Waals surface area (Å²) >= 11 is 0. The van der Waals surface area contributed by atoms with E-state index in [1.54, 1.807) is 19.5 Å². The average Bonchev–Trinajstić information content (AvgIpc) is 2.64. The van der Waals surface area contributed by atoms with E-state index in [9.17, 15) is 4.79 Å². The van der Waals surface area contributed by atoms with E-state index in [2.05, 4.69) is 22.2 Å². The number of rotatable bonds is 2. The van der Waals surface area contributed by atoms with Crippen LogP contribution in [0.5, 0.6) is 0 Å². The molecule has 2 amide bonds. The molecule has 0 aromatic carbocycles. The van der Waals surface area contributed by atoms with Gasteiger partial charge in [-0.15, -0.1) is 0 Å². The Hall–Kier alpha value is -1.69. The Bertz CT molecular complexity index is 463. The van der Waals surface area contributed by atoms with Gasteiger partial charge in [0, 0.05) is 20.2 Å². The number of amides is 2. The first-order valence-electron chi connectivity index (χ1n) is 6.92. The van der Waals surface area contributed by atoms with E-state index < -0.39 is 0 Å². The van der Waals surface area contributed by atoms with Gasteiger partial charge >= 0.3 is 6.03 Å². The van der Waals surface area contributed by atoms with Crippen LogP contribution < -0.4 is 5.32 Å². The minimum Gasteiger partial charge on any atom is -0.378 e. The number of hydrogen-bond donors (Lipinski definition) is 1. The van der Waals surface area contributed by atoms with Gasteiger partial charge in [-0.3, -0.25) is 0 Å². The first-order chi connectivity index (χ1) is 9.52. The predicted molar refractivity (Wildman–Crippen MR) is 76.6 cm³/mol. The van der Waals surface area contributed by atoms with Crippen molar-refractivity contribution >= 4 is 11.7 Å². The molecular formula is C14H22N4O2. The van der Waals surface area contributed by atoms with Gasteiger partial charge in [0.2, 0.25) is 0 Å². The zero-order chi connectivity index (χ0) is 14.6. The quantitative estimate of drug-likeness (QED) is 0.900. The predicted octanol–water partition coefficient (Wildman–Crippen LogP) is 2.21. The standard InChI is InChI=1S/C14H22N4O2/c1-11-15-9-12(10-16-11)17-13(19)18-7-4-5-14(2,20-3)6-8-18/h9-10H,4-8H2,1-3H3,(H,17,19). The number of nitrogens with zero attached hydrogens (tertiary/aromatic N) is 3. The Morgan fingerprint density at radius 3 is 2.70 bits per heavy atom. The molecule has 1 N–H and O–H groups in total. The van der Waals surface area contributed by atoms with Crippen LogP contribution in [0.25, 0.3) is 0 Å². The number of hydrogen-bond acceptors (Lipinski definition) is 4. The van der Waals surface area contributed by atoms with E-state index in [1.807, 2.05) is 11.8 Å². The molecule has 1 aromatic rings. The number of urea groups is 1. The third-order valence-corrected chi connectivity index (χ3v) is 3.86. The van der Waals surface area contributed by atoms with Crippen LogP contribution in [0.4, 0.5) is 10.5 Å². The first kappa shape index (κ1) is 14.7. The molecule has 110 valence electrons. The third-order valence-electron chi connectivity index (χ3n) is 3.86. The van der Waals surface area contributed by atoms with Crippen LogP contribution >= 0.6 is 0 Å². The zero-order valence-electron chi connectivity index (χ0n) is 12.3. The number of aromatic nitrogens is 2. The zero-order valence-corrected chi connectivity index (χ0v) is 12.3. The van der Waals surface area contributed by atoms with E-state index in [1.165, 1.54) is 0 Å². The largest absolute Gasteiger partial charge is 0.378 e. The Morgan fingerprint density at radius 1 is 1.35 bits per heavy atom. The Labute approximate surface area is 119 Å². The van der Waals surface area contributed by atoms with Crippen LogP contribution in [-0.2, 0) is 4.74 Å². The molecule has 0 saturated carbocycles. The second kappa shape index (κ2) is 6.17. The number of anilines is 1. The van der Waals surface area contributed by atoms with Crippen LogP contribution in [0.15, 0.2) is 12.4 Å². The van der Waals surface area contributed by atoms with Crippen molar-refractivity contribution in [1.29, 1.82) is 0 Å². The first-order valence-corrected chi connectivity index (χ1v) is 6.92. The van der Waals surface area contributed by atoms with Gasteiger partial charge in [-0.05, 0) is 33.1 Å². The summed E-state index contributed by atoms with van der Waals surface area (Å²) < 4.78 is 5.54. The molecule has 0 radical (unpaired) electrons. The van der Waals surface area contributed by atoms with Gasteiger partial charge in [0.25, 0.3) is 0 Å². The van der Waals surface area contributed by atoms with E-state index >= 15 is 0 Å². The summed E-state index contributed by atoms with van der Waals surface area (Å²) in [5, 5.41) is 2.83. The third kappa shape index (κ3) is 3.66. The monoisotopic (exact) mass is 278 g/mol. The number of ether oxygens (including phenoxy) is 1. The summed E-state index contributed by atoms with van der Waals surface area (Å²) in [5.41, 5.74) is 0.501. The second-order valence-corrected chi connectivity index (χ2v) is 5.44. The normalized spacial score (nSPS) is 23.2. The lowest BCUT2D eigenvalue weighted by atomic mass is 9.97. The van der Waals surface area contributed by atoms with E-state index in [4.69, 9.17) is 4.74 Å². The van der Waals surface area contributed by atoms with Gasteiger partial charge in [-0.2, -0.15) is 0 Å². The van der Waals surface area contributed by atoms with E-state index in [0.717, 1.165) is 25.8 Å². The lowest BCUT2D eigenvalue weighted by Gasteiger charge is -2.26. The molecule has 2 heterocycles. The summed E-state index contributed by atoms with van der Waals surface area (Å²) in [6.45, 7) is 5.36. The molecule has 20 heavy (non-hydrogen) atoms. The molecule has 1 aliphatic heterocycles. The van der Waals surface area contributed by atoms with Crippen LogP contribution in [0.3, 0.4) is 0 Å². The fourth-order valence-electron chi connectivity index (χ4n) is 2.32. The maximum absolute atomic E-state index is 12.2. The second-order valence-electron chi connectivity index (χ2n) is 5.44. The molecule has 6 heteroatoms. The highest BCUT2D eigenvalue weighted by Crippen LogP contribution is 2.25. The topological polar surface area (TPSA) is 67.3 Å². The number of nitrogens with one attached hydrogen (secondary N) is 1.